The van der Waals surface area contributed by atoms with Gasteiger partial charge in [-0.3, -0.25) is 5.43 Å². The molecule has 0 radical (unpaired) electrons. The fraction of sp³-hybridized carbons (Fsp3) is 0.316. The second-order valence-electron chi connectivity index (χ2n) is 6.90. The summed E-state index contributed by atoms with van der Waals surface area (Å²) in [7, 11) is 3.17. The summed E-state index contributed by atoms with van der Waals surface area (Å²) in [5, 5.41) is 13.5. The Morgan fingerprint density at radius 3 is 2.52 bits per heavy atom. The second-order valence-corrected chi connectivity index (χ2v) is 6.90. The van der Waals surface area contributed by atoms with Gasteiger partial charge in [0.25, 0.3) is 0 Å². The molecule has 0 aliphatic carbocycles. The van der Waals surface area contributed by atoms with E-state index in [0.29, 0.717) is 22.8 Å². The van der Waals surface area contributed by atoms with Crippen molar-refractivity contribution in [2.75, 3.05) is 21.0 Å². The van der Waals surface area contributed by atoms with Crippen molar-refractivity contribution in [3.63, 3.8) is 0 Å². The number of nitrogens with two attached hydrogens (primary N) is 2. The van der Waals surface area contributed by atoms with Crippen molar-refractivity contribution in [1.82, 2.24) is 16.2 Å². The van der Waals surface area contributed by atoms with Gasteiger partial charge in [0.05, 0.1) is 13.2 Å². The Morgan fingerprint density at radius 1 is 1.16 bits per heavy atom. The summed E-state index contributed by atoms with van der Waals surface area (Å²) < 4.78 is 22.4. The molecule has 0 bridgehead atoms. The third-order valence-corrected chi connectivity index (χ3v) is 5.22. The van der Waals surface area contributed by atoms with E-state index in [9.17, 15) is 9.90 Å². The van der Waals surface area contributed by atoms with Crippen LogP contribution in [0.15, 0.2) is 24.3 Å². The molecule has 166 valence electrons. The lowest BCUT2D eigenvalue weighted by Crippen LogP contribution is -2.60. The Labute approximate surface area is 177 Å². The molecule has 0 saturated heterocycles. The Balaban J connectivity index is 1.86. The van der Waals surface area contributed by atoms with E-state index < -0.39 is 18.3 Å². The number of carbonyl (C=O) groups excluding carboxylic acids is 1. The minimum atomic E-state index is -0.767. The summed E-state index contributed by atoms with van der Waals surface area (Å²) in [6, 6.07) is 5.63. The average Bonchev–Trinajstić information content (AvgIpc) is 3.22. The number of phenolic OH excluding ortho intramolecular Hbond substituents is 1. The Hall–Kier alpha value is -3.61. The molecule has 2 heterocycles. The summed E-state index contributed by atoms with van der Waals surface area (Å²) in [6.45, 7) is 0.0987. The maximum atomic E-state index is 11.3. The van der Waals surface area contributed by atoms with Gasteiger partial charge in [-0.1, -0.05) is 0 Å². The van der Waals surface area contributed by atoms with E-state index in [-0.39, 0.29) is 30.0 Å². The topological polar surface area (TPSA) is 172 Å². The van der Waals surface area contributed by atoms with Gasteiger partial charge in [0.15, 0.2) is 29.2 Å². The molecule has 3 unspecified atom stereocenters. The number of fused-ring (bicyclic) bond motifs is 2. The zero-order chi connectivity index (χ0) is 22.1. The van der Waals surface area contributed by atoms with Crippen LogP contribution >= 0.6 is 0 Å². The van der Waals surface area contributed by atoms with Gasteiger partial charge in [0, 0.05) is 17.5 Å². The molecule has 8 N–H and O–H groups in total. The number of carbonyl (C=O) groups is 1. The predicted octanol–water partition coefficient (Wildman–Crippen LogP) is -0.00670. The molecule has 0 fully saturated rings. The highest BCUT2D eigenvalue weighted by Crippen LogP contribution is 2.49. The predicted molar refractivity (Wildman–Crippen MR) is 107 cm³/mol. The molecule has 2 aromatic carbocycles. The van der Waals surface area contributed by atoms with Crippen LogP contribution in [0.4, 0.5) is 4.79 Å². The van der Waals surface area contributed by atoms with Crippen LogP contribution in [0.2, 0.25) is 0 Å². The van der Waals surface area contributed by atoms with Crippen molar-refractivity contribution in [3.05, 3.63) is 35.4 Å². The molecule has 0 aromatic heterocycles. The van der Waals surface area contributed by atoms with Gasteiger partial charge in [-0.05, 0) is 30.8 Å². The molecule has 4 rings (SSSR count). The van der Waals surface area contributed by atoms with E-state index in [1.165, 1.54) is 7.11 Å². The van der Waals surface area contributed by atoms with Crippen LogP contribution in [0.5, 0.6) is 34.5 Å². The number of hydrazine groups is 1. The number of likely N-dealkylation sites (N-methyl/N-ethyl adjacent to an activating group) is 1. The van der Waals surface area contributed by atoms with Crippen molar-refractivity contribution < 1.29 is 33.7 Å². The van der Waals surface area contributed by atoms with E-state index in [0.717, 1.165) is 5.56 Å². The number of rotatable bonds is 6. The third kappa shape index (κ3) is 3.67. The fourth-order valence-electron chi connectivity index (χ4n) is 3.86. The minimum Gasteiger partial charge on any atom is -0.502 e. The number of urea groups is 1. The van der Waals surface area contributed by atoms with Crippen molar-refractivity contribution in [3.8, 4) is 34.5 Å². The monoisotopic (exact) mass is 433 g/mol. The first-order chi connectivity index (χ1) is 15.0. The Kier molecular flexibility index (Phi) is 5.50. The van der Waals surface area contributed by atoms with Crippen molar-refractivity contribution in [2.24, 2.45) is 11.6 Å². The average molecular weight is 433 g/mol. The third-order valence-electron chi connectivity index (χ3n) is 5.22. The molecule has 2 aliphatic heterocycles. The number of aromatic hydroxyl groups is 1. The molecule has 0 saturated carbocycles. The number of benzene rings is 2. The number of ether oxygens (including phenoxy) is 4. The number of phenols is 1. The lowest BCUT2D eigenvalue weighted by atomic mass is 9.81. The van der Waals surface area contributed by atoms with Crippen LogP contribution in [0.3, 0.4) is 0 Å². The molecule has 0 spiro atoms. The molecular formula is C19H23N5O7. The number of hydrogen-bond acceptors (Lipinski definition) is 10. The maximum absolute atomic E-state index is 11.3. The van der Waals surface area contributed by atoms with Crippen molar-refractivity contribution in [2.45, 2.75) is 18.2 Å². The van der Waals surface area contributed by atoms with Crippen LogP contribution < -0.4 is 51.6 Å². The molecule has 2 amide bonds. The molecule has 12 heteroatoms. The van der Waals surface area contributed by atoms with Gasteiger partial charge >= 0.3 is 6.03 Å². The van der Waals surface area contributed by atoms with Crippen LogP contribution in [0.25, 0.3) is 0 Å². The summed E-state index contributed by atoms with van der Waals surface area (Å²) >= 11 is 0. The van der Waals surface area contributed by atoms with Crippen molar-refractivity contribution in [1.29, 1.82) is 0 Å². The van der Waals surface area contributed by atoms with E-state index in [1.807, 2.05) is 6.07 Å². The fourth-order valence-corrected chi connectivity index (χ4v) is 3.86. The molecule has 3 atom stereocenters. The maximum Gasteiger partial charge on any atom is 0.326 e. The summed E-state index contributed by atoms with van der Waals surface area (Å²) in [4.78, 5) is 16.1. The Morgan fingerprint density at radius 2 is 1.87 bits per heavy atom. The molecule has 12 nitrogen and oxygen atoms in total. The van der Waals surface area contributed by atoms with E-state index in [4.69, 9.17) is 35.4 Å². The summed E-state index contributed by atoms with van der Waals surface area (Å²) in [6.07, 6.45) is -0.725. The van der Waals surface area contributed by atoms with Crippen LogP contribution in [-0.4, -0.2) is 44.4 Å². The highest BCUT2D eigenvalue weighted by Gasteiger charge is 2.41. The lowest BCUT2D eigenvalue weighted by Gasteiger charge is -2.40. The zero-order valence-electron chi connectivity index (χ0n) is 16.8. The largest absolute Gasteiger partial charge is 0.502 e. The normalized spacial score (nSPS) is 21.1. The lowest BCUT2D eigenvalue weighted by molar-refractivity contribution is 0.0841. The first-order valence-electron chi connectivity index (χ1n) is 9.32. The van der Waals surface area contributed by atoms with Gasteiger partial charge in [0.1, 0.15) is 5.75 Å². The Bertz CT molecular complexity index is 977. The first kappa shape index (κ1) is 20.7. The van der Waals surface area contributed by atoms with E-state index in [1.54, 1.807) is 25.2 Å². The second kappa shape index (κ2) is 8.26. The van der Waals surface area contributed by atoms with Gasteiger partial charge in [-0.25, -0.2) is 4.79 Å². The highest BCUT2D eigenvalue weighted by atomic mass is 16.7. The van der Waals surface area contributed by atoms with Gasteiger partial charge < -0.3 is 39.9 Å². The molecule has 2 aliphatic rings. The van der Waals surface area contributed by atoms with Crippen LogP contribution in [0.1, 0.15) is 17.0 Å². The van der Waals surface area contributed by atoms with E-state index >= 15 is 0 Å². The number of hydrogen-bond donors (Lipinski definition) is 6. The van der Waals surface area contributed by atoms with Gasteiger partial charge in [0.2, 0.25) is 12.5 Å². The van der Waals surface area contributed by atoms with Crippen LogP contribution in [-0.2, 0) is 0 Å². The quantitative estimate of drug-likeness (QED) is 0.340. The molecule has 2 aromatic rings. The smallest absolute Gasteiger partial charge is 0.326 e. The standard InChI is InChI=1S/C19H23N5O7/c1-22-16-15(8-3-13(27-2)17(25)14(4-8)31-21)9-5-11-12(29-7-28-11)6-10(9)30-18(16)23-24-19(20)26/h3-6,15-16,18,22-23,25H,7,21H2,1-2H3,(H3,20,24,26). The summed E-state index contributed by atoms with van der Waals surface area (Å²) in [5.41, 5.74) is 11.8. The highest BCUT2D eigenvalue weighted by molar-refractivity contribution is 5.71. The van der Waals surface area contributed by atoms with Gasteiger partial charge in [-0.15, -0.1) is 0 Å². The number of nitrogens with one attached hydrogen (secondary N) is 3. The number of amides is 2. The molecule has 31 heavy (non-hydrogen) atoms. The zero-order valence-corrected chi connectivity index (χ0v) is 16.8. The SMILES string of the molecule is CNC1C(NNC(N)=O)Oc2cc3c(cc2C1c1cc(OC)c(O)c(ON)c1)OCO3. The van der Waals surface area contributed by atoms with Crippen molar-refractivity contribution >= 4 is 6.03 Å². The molecular weight excluding hydrogens is 410 g/mol. The number of methoxy groups -OCH3 is 1. The summed E-state index contributed by atoms with van der Waals surface area (Å²) in [5.74, 6) is 6.59. The first-order valence-corrected chi connectivity index (χ1v) is 9.32. The van der Waals surface area contributed by atoms with E-state index in [2.05, 4.69) is 16.2 Å². The van der Waals surface area contributed by atoms with Gasteiger partial charge in [-0.2, -0.15) is 11.3 Å². The number of primary amides is 1. The van der Waals surface area contributed by atoms with Crippen LogP contribution in [0, 0.1) is 0 Å². The minimum absolute atomic E-state index is 0.0396.